The van der Waals surface area contributed by atoms with Crippen molar-refractivity contribution in [2.45, 2.75) is 25.6 Å². The van der Waals surface area contributed by atoms with Gasteiger partial charge in [-0.05, 0) is 19.9 Å². The van der Waals surface area contributed by atoms with Gasteiger partial charge in [0.15, 0.2) is 5.82 Å². The van der Waals surface area contributed by atoms with Gasteiger partial charge in [-0.2, -0.15) is 13.2 Å². The second kappa shape index (κ2) is 7.68. The minimum atomic E-state index is -4.52. The van der Waals surface area contributed by atoms with Crippen LogP contribution in [0.3, 0.4) is 0 Å². The molecular formula is C17H15Cl2F3N6O. The number of anilines is 1. The van der Waals surface area contributed by atoms with Crippen LogP contribution in [-0.2, 0) is 4.79 Å². The predicted molar refractivity (Wildman–Crippen MR) is 104 cm³/mol. The summed E-state index contributed by atoms with van der Waals surface area (Å²) in [5, 5.41) is 5.80. The summed E-state index contributed by atoms with van der Waals surface area (Å²) in [7, 11) is 0. The highest BCUT2D eigenvalue weighted by atomic mass is 35.5. The third kappa shape index (κ3) is 4.88. The first-order chi connectivity index (χ1) is 13.5. The molecular weight excluding hydrogens is 432 g/mol. The summed E-state index contributed by atoms with van der Waals surface area (Å²) in [6.45, 7) is 1.38. The normalized spacial score (nSPS) is 12.2. The van der Waals surface area contributed by atoms with Gasteiger partial charge in [0.1, 0.15) is 28.6 Å². The molecule has 7 nitrogen and oxygen atoms in total. The molecule has 0 aliphatic carbocycles. The number of alkyl halides is 3. The number of fused-ring (bicyclic) bond motifs is 1. The number of aromatic amines is 1. The number of hydrogen-bond acceptors (Lipinski definition) is 5. The number of aromatic nitrogens is 4. The summed E-state index contributed by atoms with van der Waals surface area (Å²) in [4.78, 5) is 27.8. The maximum absolute atomic E-state index is 12.4. The first-order valence-electron chi connectivity index (χ1n) is 8.25. The van der Waals surface area contributed by atoms with E-state index in [9.17, 15) is 18.0 Å². The molecule has 3 aromatic rings. The Hall–Kier alpha value is -2.59. The third-order valence-corrected chi connectivity index (χ3v) is 4.41. The smallest absolute Gasteiger partial charge is 0.355 e. The summed E-state index contributed by atoms with van der Waals surface area (Å²) in [5.74, 6) is -0.513. The molecule has 0 aliphatic rings. The van der Waals surface area contributed by atoms with Crippen LogP contribution in [0.2, 0.25) is 10.0 Å². The van der Waals surface area contributed by atoms with E-state index >= 15 is 0 Å². The van der Waals surface area contributed by atoms with Crippen molar-refractivity contribution < 1.29 is 18.0 Å². The Labute approximate surface area is 173 Å². The van der Waals surface area contributed by atoms with Crippen molar-refractivity contribution in [3.8, 4) is 11.4 Å². The van der Waals surface area contributed by atoms with Crippen LogP contribution in [0.25, 0.3) is 22.4 Å². The van der Waals surface area contributed by atoms with E-state index in [0.717, 1.165) is 0 Å². The molecule has 0 aliphatic heterocycles. The van der Waals surface area contributed by atoms with Crippen molar-refractivity contribution >= 4 is 46.0 Å². The number of carbonyl (C=O) groups excluding carboxylic acids is 1. The minimum Gasteiger partial charge on any atom is -0.355 e. The van der Waals surface area contributed by atoms with Crippen LogP contribution in [0.15, 0.2) is 24.7 Å². The lowest BCUT2D eigenvalue weighted by Crippen LogP contribution is -2.50. The lowest BCUT2D eigenvalue weighted by atomic mass is 10.0. The Bertz CT molecular complexity index is 1070. The van der Waals surface area contributed by atoms with Crippen molar-refractivity contribution in [2.24, 2.45) is 0 Å². The van der Waals surface area contributed by atoms with E-state index in [-0.39, 0.29) is 16.7 Å². The quantitative estimate of drug-likeness (QED) is 0.545. The highest BCUT2D eigenvalue weighted by Gasteiger charge is 2.33. The van der Waals surface area contributed by atoms with Crippen LogP contribution in [0.1, 0.15) is 13.8 Å². The van der Waals surface area contributed by atoms with Gasteiger partial charge in [0.05, 0.1) is 11.2 Å². The van der Waals surface area contributed by atoms with Crippen molar-refractivity contribution in [1.82, 2.24) is 25.3 Å². The summed E-state index contributed by atoms with van der Waals surface area (Å²) < 4.78 is 37.1. The Balaban J connectivity index is 1.89. The van der Waals surface area contributed by atoms with Gasteiger partial charge in [-0.25, -0.2) is 15.0 Å². The fourth-order valence-electron chi connectivity index (χ4n) is 2.50. The molecule has 1 amide bonds. The number of pyridine rings is 1. The molecule has 0 spiro atoms. The van der Waals surface area contributed by atoms with Crippen molar-refractivity contribution in [1.29, 1.82) is 0 Å². The van der Waals surface area contributed by atoms with Gasteiger partial charge in [0, 0.05) is 23.3 Å². The molecule has 3 rings (SSSR count). The fourth-order valence-corrected chi connectivity index (χ4v) is 2.80. The van der Waals surface area contributed by atoms with E-state index in [1.807, 2.05) is 5.32 Å². The lowest BCUT2D eigenvalue weighted by molar-refractivity contribution is -0.140. The average Bonchev–Trinajstić information content (AvgIpc) is 3.03. The van der Waals surface area contributed by atoms with Gasteiger partial charge in [-0.1, -0.05) is 23.2 Å². The molecule has 0 radical (unpaired) electrons. The molecule has 0 saturated heterocycles. The zero-order chi connectivity index (χ0) is 21.4. The second-order valence-corrected chi connectivity index (χ2v) is 7.53. The van der Waals surface area contributed by atoms with Crippen LogP contribution in [0.5, 0.6) is 0 Å². The van der Waals surface area contributed by atoms with Crippen molar-refractivity contribution in [3.63, 3.8) is 0 Å². The summed E-state index contributed by atoms with van der Waals surface area (Å²) in [6, 6.07) is 1.69. The number of rotatable bonds is 5. The topological polar surface area (TPSA) is 95.6 Å². The molecule has 0 aromatic carbocycles. The Kier molecular flexibility index (Phi) is 5.59. The molecule has 0 fully saturated rings. The average molecular weight is 447 g/mol. The molecule has 12 heteroatoms. The molecule has 0 saturated carbocycles. The Morgan fingerprint density at radius 1 is 1.21 bits per heavy atom. The molecule has 0 atom stereocenters. The van der Waals surface area contributed by atoms with Gasteiger partial charge < -0.3 is 15.6 Å². The number of amides is 1. The number of H-pyrrole nitrogens is 1. The van der Waals surface area contributed by atoms with E-state index in [0.29, 0.717) is 21.6 Å². The maximum Gasteiger partial charge on any atom is 0.405 e. The fraction of sp³-hybridized carbons (Fsp3) is 0.294. The molecule has 3 heterocycles. The number of carbonyl (C=O) groups is 1. The summed E-state index contributed by atoms with van der Waals surface area (Å²) in [6.07, 6.45) is -0.0625. The Morgan fingerprint density at radius 3 is 2.62 bits per heavy atom. The van der Waals surface area contributed by atoms with Gasteiger partial charge in [-0.3, -0.25) is 4.79 Å². The van der Waals surface area contributed by atoms with Crippen LogP contribution in [-0.4, -0.2) is 44.1 Å². The molecule has 0 bridgehead atoms. The number of nitrogens with one attached hydrogen (secondary N) is 3. The maximum atomic E-state index is 12.4. The molecule has 3 N–H and O–H groups in total. The van der Waals surface area contributed by atoms with Gasteiger partial charge in [-0.15, -0.1) is 0 Å². The first-order valence-corrected chi connectivity index (χ1v) is 9.00. The lowest BCUT2D eigenvalue weighted by Gasteiger charge is -2.26. The molecule has 0 unspecified atom stereocenters. The highest BCUT2D eigenvalue weighted by Crippen LogP contribution is 2.30. The van der Waals surface area contributed by atoms with E-state index in [1.54, 1.807) is 12.3 Å². The van der Waals surface area contributed by atoms with Gasteiger partial charge in [0.2, 0.25) is 5.91 Å². The van der Waals surface area contributed by atoms with Crippen LogP contribution in [0, 0.1) is 0 Å². The SMILES string of the molecule is CC(C)(Nc1nc(-c2c[nH]c3ncc(Cl)cc23)ncc1Cl)C(=O)NCC(F)(F)F. The highest BCUT2D eigenvalue weighted by molar-refractivity contribution is 6.33. The van der Waals surface area contributed by atoms with Crippen LogP contribution in [0.4, 0.5) is 19.0 Å². The third-order valence-electron chi connectivity index (χ3n) is 3.93. The number of halogens is 5. The van der Waals surface area contributed by atoms with Gasteiger partial charge >= 0.3 is 6.18 Å². The van der Waals surface area contributed by atoms with Crippen molar-refractivity contribution in [3.05, 3.63) is 34.7 Å². The van der Waals surface area contributed by atoms with E-state index < -0.39 is 24.2 Å². The predicted octanol–water partition coefficient (Wildman–Crippen LogP) is 4.20. The van der Waals surface area contributed by atoms with E-state index in [2.05, 4.69) is 25.3 Å². The zero-order valence-corrected chi connectivity index (χ0v) is 16.7. The zero-order valence-electron chi connectivity index (χ0n) is 15.2. The minimum absolute atomic E-state index is 0.0909. The Morgan fingerprint density at radius 2 is 1.93 bits per heavy atom. The molecule has 29 heavy (non-hydrogen) atoms. The second-order valence-electron chi connectivity index (χ2n) is 6.69. The summed E-state index contributed by atoms with van der Waals surface area (Å²) in [5.41, 5.74) is -0.260. The van der Waals surface area contributed by atoms with E-state index in [1.165, 1.54) is 26.2 Å². The first kappa shape index (κ1) is 21.1. The largest absolute Gasteiger partial charge is 0.405 e. The van der Waals surface area contributed by atoms with Crippen LogP contribution >= 0.6 is 23.2 Å². The number of hydrogen-bond donors (Lipinski definition) is 3. The van der Waals surface area contributed by atoms with Crippen LogP contribution < -0.4 is 10.6 Å². The standard InChI is InChI=1S/C17H15Cl2F3N6O/c1-16(2,15(29)26-7-17(20,21)22)28-14-11(19)6-25-13(27-14)10-5-24-12-9(10)3-8(18)4-23-12/h3-6H,7H2,1-2H3,(H,23,24)(H,26,29)(H,25,27,28). The van der Waals surface area contributed by atoms with Crippen molar-refractivity contribution in [2.75, 3.05) is 11.9 Å². The molecule has 3 aromatic heterocycles. The molecule has 154 valence electrons. The number of nitrogens with zero attached hydrogens (tertiary/aromatic N) is 3. The van der Waals surface area contributed by atoms with E-state index in [4.69, 9.17) is 23.2 Å². The van der Waals surface area contributed by atoms with Gasteiger partial charge in [0.25, 0.3) is 0 Å². The summed E-state index contributed by atoms with van der Waals surface area (Å²) >= 11 is 12.1. The monoisotopic (exact) mass is 446 g/mol.